The number of rotatable bonds is 2. The summed E-state index contributed by atoms with van der Waals surface area (Å²) in [5.74, 6) is -0.507. The molecule has 1 aromatic rings. The van der Waals surface area contributed by atoms with E-state index in [1.54, 1.807) is 0 Å². The minimum Gasteiger partial charge on any atom is -0.397 e. The first-order valence-corrected chi connectivity index (χ1v) is 4.31. The minimum absolute atomic E-state index is 0.0734. The van der Waals surface area contributed by atoms with Crippen LogP contribution in [-0.4, -0.2) is 0 Å². The molecule has 0 saturated carbocycles. The number of hydrogen-bond donors (Lipinski definition) is 2. The van der Waals surface area contributed by atoms with Gasteiger partial charge in [-0.3, -0.25) is 0 Å². The van der Waals surface area contributed by atoms with Crippen molar-refractivity contribution in [2.45, 2.75) is 12.5 Å². The first-order valence-electron chi connectivity index (χ1n) is 3.93. The summed E-state index contributed by atoms with van der Waals surface area (Å²) in [5, 5.41) is 8.55. The highest BCUT2D eigenvalue weighted by atomic mass is 35.5. The van der Waals surface area contributed by atoms with Gasteiger partial charge in [0.2, 0.25) is 0 Å². The molecule has 0 heterocycles. The molecule has 5 heteroatoms. The van der Waals surface area contributed by atoms with Crippen LogP contribution in [0.15, 0.2) is 12.1 Å². The van der Waals surface area contributed by atoms with E-state index in [1.807, 2.05) is 6.07 Å². The molecular formula is C9H9ClFN3. The Kier molecular flexibility index (Phi) is 3.28. The molecule has 4 N–H and O–H groups in total. The van der Waals surface area contributed by atoms with Gasteiger partial charge in [0.25, 0.3) is 0 Å². The van der Waals surface area contributed by atoms with Crippen LogP contribution in [-0.2, 0) is 0 Å². The standard InChI is InChI=1S/C9H9ClFN3/c10-7-4-5(11)3-6(9(7)14)8(13)1-2-12/h3-4,8H,1,13-14H2/t8-/m0/s1. The molecule has 0 aromatic heterocycles. The van der Waals surface area contributed by atoms with Crippen LogP contribution in [0.25, 0.3) is 0 Å². The summed E-state index contributed by atoms with van der Waals surface area (Å²) in [5.41, 5.74) is 11.8. The van der Waals surface area contributed by atoms with Crippen molar-refractivity contribution in [3.63, 3.8) is 0 Å². The van der Waals surface area contributed by atoms with Crippen molar-refractivity contribution >= 4 is 17.3 Å². The Morgan fingerprint density at radius 2 is 2.21 bits per heavy atom. The Labute approximate surface area is 86.1 Å². The monoisotopic (exact) mass is 213 g/mol. The van der Waals surface area contributed by atoms with Gasteiger partial charge >= 0.3 is 0 Å². The van der Waals surface area contributed by atoms with Crippen molar-refractivity contribution < 1.29 is 4.39 Å². The highest BCUT2D eigenvalue weighted by molar-refractivity contribution is 6.33. The first-order chi connectivity index (χ1) is 6.56. The van der Waals surface area contributed by atoms with Gasteiger partial charge in [-0.2, -0.15) is 5.26 Å². The van der Waals surface area contributed by atoms with Crippen molar-refractivity contribution in [1.82, 2.24) is 0 Å². The topological polar surface area (TPSA) is 75.8 Å². The lowest BCUT2D eigenvalue weighted by molar-refractivity contribution is 0.621. The maximum absolute atomic E-state index is 12.9. The van der Waals surface area contributed by atoms with Gasteiger partial charge in [-0.25, -0.2) is 4.39 Å². The molecular weight excluding hydrogens is 205 g/mol. The van der Waals surface area contributed by atoms with Gasteiger partial charge in [0.15, 0.2) is 0 Å². The molecule has 0 fully saturated rings. The van der Waals surface area contributed by atoms with E-state index in [0.717, 1.165) is 6.07 Å². The van der Waals surface area contributed by atoms with Crippen LogP contribution in [0.1, 0.15) is 18.0 Å². The minimum atomic E-state index is -0.604. The molecule has 0 aliphatic carbocycles. The van der Waals surface area contributed by atoms with Crippen molar-refractivity contribution in [3.8, 4) is 6.07 Å². The van der Waals surface area contributed by atoms with Crippen molar-refractivity contribution in [1.29, 1.82) is 5.26 Å². The molecule has 1 atom stereocenters. The van der Waals surface area contributed by atoms with E-state index in [2.05, 4.69) is 0 Å². The predicted molar refractivity (Wildman–Crippen MR) is 53.0 cm³/mol. The summed E-state index contributed by atoms with van der Waals surface area (Å²) < 4.78 is 12.9. The maximum atomic E-state index is 12.9. The average Bonchev–Trinajstić information content (AvgIpc) is 2.11. The van der Waals surface area contributed by atoms with Crippen LogP contribution in [0.2, 0.25) is 5.02 Å². The second kappa shape index (κ2) is 4.27. The van der Waals surface area contributed by atoms with Gasteiger partial charge in [-0.15, -0.1) is 0 Å². The molecule has 1 aromatic carbocycles. The van der Waals surface area contributed by atoms with Crippen LogP contribution < -0.4 is 11.5 Å². The fourth-order valence-corrected chi connectivity index (χ4v) is 1.33. The van der Waals surface area contributed by atoms with Crippen LogP contribution in [0.5, 0.6) is 0 Å². The molecule has 1 rings (SSSR count). The number of hydrogen-bond acceptors (Lipinski definition) is 3. The Morgan fingerprint density at radius 3 is 2.79 bits per heavy atom. The zero-order chi connectivity index (χ0) is 10.7. The number of halogens is 2. The molecule has 0 saturated heterocycles. The third-order valence-corrected chi connectivity index (χ3v) is 2.15. The second-order valence-electron chi connectivity index (χ2n) is 2.86. The third kappa shape index (κ3) is 2.13. The summed E-state index contributed by atoms with van der Waals surface area (Å²) in [6.07, 6.45) is 0.0734. The summed E-state index contributed by atoms with van der Waals surface area (Å²) in [4.78, 5) is 0. The van der Waals surface area contributed by atoms with Crippen molar-refractivity contribution in [2.75, 3.05) is 5.73 Å². The van der Waals surface area contributed by atoms with Crippen molar-refractivity contribution in [2.24, 2.45) is 5.73 Å². The Balaban J connectivity index is 3.14. The zero-order valence-corrected chi connectivity index (χ0v) is 8.05. The molecule has 0 radical (unpaired) electrons. The lowest BCUT2D eigenvalue weighted by Gasteiger charge is -2.12. The second-order valence-corrected chi connectivity index (χ2v) is 3.27. The number of nitrogens with zero attached hydrogens (tertiary/aromatic N) is 1. The van der Waals surface area contributed by atoms with E-state index >= 15 is 0 Å². The van der Waals surface area contributed by atoms with Gasteiger partial charge in [0, 0.05) is 6.04 Å². The van der Waals surface area contributed by atoms with E-state index in [1.165, 1.54) is 6.07 Å². The van der Waals surface area contributed by atoms with E-state index in [-0.39, 0.29) is 17.1 Å². The van der Waals surface area contributed by atoms with E-state index in [0.29, 0.717) is 5.56 Å². The van der Waals surface area contributed by atoms with Crippen LogP contribution in [0.4, 0.5) is 10.1 Å². The van der Waals surface area contributed by atoms with Gasteiger partial charge in [0.05, 0.1) is 23.2 Å². The number of nitrogen functional groups attached to an aromatic ring is 1. The number of benzene rings is 1. The van der Waals surface area contributed by atoms with E-state index in [9.17, 15) is 4.39 Å². The normalized spacial score (nSPS) is 12.1. The Bertz CT molecular complexity index is 386. The summed E-state index contributed by atoms with van der Waals surface area (Å²) in [6.45, 7) is 0. The fraction of sp³-hybridized carbons (Fsp3) is 0.222. The molecule has 0 bridgehead atoms. The fourth-order valence-electron chi connectivity index (χ4n) is 1.12. The van der Waals surface area contributed by atoms with Crippen molar-refractivity contribution in [3.05, 3.63) is 28.5 Å². The first kappa shape index (κ1) is 10.8. The molecule has 0 aliphatic rings. The lowest BCUT2D eigenvalue weighted by Crippen LogP contribution is -2.12. The highest BCUT2D eigenvalue weighted by Crippen LogP contribution is 2.29. The van der Waals surface area contributed by atoms with Gasteiger partial charge in [-0.05, 0) is 17.7 Å². The van der Waals surface area contributed by atoms with E-state index < -0.39 is 11.9 Å². The molecule has 0 unspecified atom stereocenters. The Morgan fingerprint density at radius 1 is 1.57 bits per heavy atom. The van der Waals surface area contributed by atoms with Crippen LogP contribution >= 0.6 is 11.6 Å². The molecule has 0 aliphatic heterocycles. The SMILES string of the molecule is N#CC[C@H](N)c1cc(F)cc(Cl)c1N. The van der Waals surface area contributed by atoms with Gasteiger partial charge in [-0.1, -0.05) is 11.6 Å². The quantitative estimate of drug-likeness (QED) is 0.738. The molecule has 0 amide bonds. The molecule has 0 spiro atoms. The lowest BCUT2D eigenvalue weighted by atomic mass is 10.0. The van der Waals surface area contributed by atoms with Crippen LogP contribution in [0, 0.1) is 17.1 Å². The number of nitriles is 1. The third-order valence-electron chi connectivity index (χ3n) is 1.84. The summed E-state index contributed by atoms with van der Waals surface area (Å²) >= 11 is 5.66. The van der Waals surface area contributed by atoms with E-state index in [4.69, 9.17) is 28.3 Å². The summed E-state index contributed by atoms with van der Waals surface area (Å²) in [6, 6.07) is 3.59. The summed E-state index contributed by atoms with van der Waals surface area (Å²) in [7, 11) is 0. The molecule has 14 heavy (non-hydrogen) atoms. The maximum Gasteiger partial charge on any atom is 0.125 e. The largest absolute Gasteiger partial charge is 0.397 e. The predicted octanol–water partition coefficient (Wildman–Crippen LogP) is 1.97. The van der Waals surface area contributed by atoms with Crippen LogP contribution in [0.3, 0.4) is 0 Å². The van der Waals surface area contributed by atoms with Gasteiger partial charge < -0.3 is 11.5 Å². The highest BCUT2D eigenvalue weighted by Gasteiger charge is 2.13. The number of anilines is 1. The zero-order valence-electron chi connectivity index (χ0n) is 7.30. The van der Waals surface area contributed by atoms with Gasteiger partial charge in [0.1, 0.15) is 5.82 Å². The molecule has 3 nitrogen and oxygen atoms in total. The average molecular weight is 214 g/mol. The molecule has 74 valence electrons. The number of nitrogens with two attached hydrogens (primary N) is 2. The Hall–Kier alpha value is -1.31. The smallest absolute Gasteiger partial charge is 0.125 e.